The average molecular weight is 358 g/mol. The summed E-state index contributed by atoms with van der Waals surface area (Å²) in [5, 5.41) is 9.21. The van der Waals surface area contributed by atoms with E-state index < -0.39 is 5.54 Å². The lowest BCUT2D eigenvalue weighted by Gasteiger charge is -2.44. The van der Waals surface area contributed by atoms with Gasteiger partial charge in [0.25, 0.3) is 0 Å². The van der Waals surface area contributed by atoms with E-state index in [1.54, 1.807) is 4.90 Å². The van der Waals surface area contributed by atoms with Crippen molar-refractivity contribution in [1.29, 1.82) is 0 Å². The van der Waals surface area contributed by atoms with Crippen molar-refractivity contribution in [3.63, 3.8) is 0 Å². The predicted octanol–water partition coefficient (Wildman–Crippen LogP) is 2.38. The second-order valence-electron chi connectivity index (χ2n) is 7.49. The van der Waals surface area contributed by atoms with Crippen LogP contribution < -0.4 is 0 Å². The van der Waals surface area contributed by atoms with Gasteiger partial charge < -0.3 is 14.9 Å². The molecule has 0 bridgehead atoms. The van der Waals surface area contributed by atoms with E-state index >= 15 is 0 Å². The third-order valence-corrected chi connectivity index (χ3v) is 5.81. The maximum absolute atomic E-state index is 13.0. The van der Waals surface area contributed by atoms with Crippen LogP contribution >= 0.6 is 0 Å². The van der Waals surface area contributed by atoms with E-state index in [4.69, 9.17) is 0 Å². The molecule has 2 heterocycles. The molecule has 0 aliphatic carbocycles. The van der Waals surface area contributed by atoms with E-state index in [1.807, 2.05) is 23.1 Å². The highest BCUT2D eigenvalue weighted by molar-refractivity contribution is 5.92. The molecule has 2 aliphatic heterocycles. The minimum Gasteiger partial charge on any atom is -0.395 e. The number of aryl methyl sites for hydroxylation is 1. The zero-order valence-electron chi connectivity index (χ0n) is 15.5. The number of piperidine rings is 1. The van der Waals surface area contributed by atoms with Gasteiger partial charge in [-0.2, -0.15) is 0 Å². The summed E-state index contributed by atoms with van der Waals surface area (Å²) in [7, 11) is 0. The minimum absolute atomic E-state index is 0.0186. The first-order valence-corrected chi connectivity index (χ1v) is 9.92. The maximum atomic E-state index is 13.0. The molecule has 5 nitrogen and oxygen atoms in total. The van der Waals surface area contributed by atoms with Crippen LogP contribution in [0.1, 0.15) is 50.5 Å². The van der Waals surface area contributed by atoms with E-state index in [0.717, 1.165) is 44.9 Å². The summed E-state index contributed by atoms with van der Waals surface area (Å²) in [6.07, 6.45) is 6.69. The molecular weight excluding hydrogens is 328 g/mol. The maximum Gasteiger partial charge on any atom is 0.248 e. The molecule has 26 heavy (non-hydrogen) atoms. The third-order valence-electron chi connectivity index (χ3n) is 5.81. The number of aliphatic hydroxyl groups excluding tert-OH is 1. The highest BCUT2D eigenvalue weighted by Gasteiger charge is 2.52. The van der Waals surface area contributed by atoms with Gasteiger partial charge >= 0.3 is 0 Å². The molecule has 3 rings (SSSR count). The van der Waals surface area contributed by atoms with Gasteiger partial charge in [0.05, 0.1) is 6.61 Å². The number of rotatable bonds is 7. The first-order chi connectivity index (χ1) is 12.7. The molecule has 0 aromatic heterocycles. The van der Waals surface area contributed by atoms with Gasteiger partial charge in [0.2, 0.25) is 11.8 Å². The normalized spacial score (nSPS) is 23.0. The molecule has 1 unspecified atom stereocenters. The number of likely N-dealkylation sites (tertiary alicyclic amines) is 2. The SMILES string of the molecule is O=C(CCCCc1ccccc1)N1CCCC12CCCN(CCO)C2=O. The van der Waals surface area contributed by atoms with Gasteiger partial charge in [0.1, 0.15) is 5.54 Å². The molecule has 2 fully saturated rings. The Hall–Kier alpha value is -1.88. The second-order valence-corrected chi connectivity index (χ2v) is 7.49. The Morgan fingerprint density at radius 1 is 1.08 bits per heavy atom. The van der Waals surface area contributed by atoms with Crippen LogP contribution in [0.2, 0.25) is 0 Å². The number of carbonyl (C=O) groups excluding carboxylic acids is 2. The van der Waals surface area contributed by atoms with E-state index in [1.165, 1.54) is 5.56 Å². The molecule has 0 saturated carbocycles. The predicted molar refractivity (Wildman–Crippen MR) is 101 cm³/mol. The highest BCUT2D eigenvalue weighted by atomic mass is 16.3. The summed E-state index contributed by atoms with van der Waals surface area (Å²) in [6.45, 7) is 1.74. The molecule has 2 amide bonds. The van der Waals surface area contributed by atoms with Crippen LogP contribution in [0.3, 0.4) is 0 Å². The van der Waals surface area contributed by atoms with Crippen LogP contribution in [0.25, 0.3) is 0 Å². The van der Waals surface area contributed by atoms with Gasteiger partial charge in [0, 0.05) is 26.1 Å². The summed E-state index contributed by atoms with van der Waals surface area (Å²) >= 11 is 0. The Labute approximate surface area is 156 Å². The zero-order valence-corrected chi connectivity index (χ0v) is 15.5. The summed E-state index contributed by atoms with van der Waals surface area (Å²) in [4.78, 5) is 29.4. The highest BCUT2D eigenvalue weighted by Crippen LogP contribution is 2.38. The van der Waals surface area contributed by atoms with Crippen LogP contribution in [-0.4, -0.2) is 58.5 Å². The molecule has 2 saturated heterocycles. The zero-order chi connectivity index (χ0) is 18.4. The Morgan fingerprint density at radius 3 is 2.54 bits per heavy atom. The van der Waals surface area contributed by atoms with Gasteiger partial charge in [-0.05, 0) is 50.5 Å². The van der Waals surface area contributed by atoms with E-state index in [9.17, 15) is 14.7 Å². The van der Waals surface area contributed by atoms with Crippen molar-refractivity contribution in [3.05, 3.63) is 35.9 Å². The van der Waals surface area contributed by atoms with Crippen LogP contribution in [0, 0.1) is 0 Å². The summed E-state index contributed by atoms with van der Waals surface area (Å²) in [6, 6.07) is 10.3. The second kappa shape index (κ2) is 8.67. The van der Waals surface area contributed by atoms with Crippen LogP contribution in [0.4, 0.5) is 0 Å². The number of benzene rings is 1. The molecule has 0 radical (unpaired) electrons. The first kappa shape index (κ1) is 18.9. The van der Waals surface area contributed by atoms with Gasteiger partial charge in [-0.1, -0.05) is 30.3 Å². The molecular formula is C21H30N2O3. The topological polar surface area (TPSA) is 60.9 Å². The number of aliphatic hydroxyl groups is 1. The third kappa shape index (κ3) is 3.93. The molecule has 1 N–H and O–H groups in total. The summed E-state index contributed by atoms with van der Waals surface area (Å²) < 4.78 is 0. The largest absolute Gasteiger partial charge is 0.395 e. The average Bonchev–Trinajstić information content (AvgIpc) is 3.08. The Balaban J connectivity index is 1.55. The lowest BCUT2D eigenvalue weighted by molar-refractivity contribution is -0.155. The first-order valence-electron chi connectivity index (χ1n) is 9.92. The van der Waals surface area contributed by atoms with Crippen LogP contribution in [0.5, 0.6) is 0 Å². The number of carbonyl (C=O) groups is 2. The smallest absolute Gasteiger partial charge is 0.248 e. The van der Waals surface area contributed by atoms with Gasteiger partial charge in [-0.25, -0.2) is 0 Å². The van der Waals surface area contributed by atoms with Crippen LogP contribution in [0.15, 0.2) is 30.3 Å². The van der Waals surface area contributed by atoms with Crippen molar-refractivity contribution in [2.24, 2.45) is 0 Å². The van der Waals surface area contributed by atoms with E-state index in [-0.39, 0.29) is 18.4 Å². The number of amides is 2. The number of nitrogens with zero attached hydrogens (tertiary/aromatic N) is 2. The molecule has 5 heteroatoms. The van der Waals surface area contributed by atoms with Crippen molar-refractivity contribution in [2.75, 3.05) is 26.2 Å². The van der Waals surface area contributed by atoms with Crippen molar-refractivity contribution in [1.82, 2.24) is 9.80 Å². The van der Waals surface area contributed by atoms with Crippen molar-refractivity contribution < 1.29 is 14.7 Å². The van der Waals surface area contributed by atoms with Gasteiger partial charge in [-0.15, -0.1) is 0 Å². The van der Waals surface area contributed by atoms with E-state index in [2.05, 4.69) is 12.1 Å². The quantitative estimate of drug-likeness (QED) is 0.761. The molecule has 1 aromatic rings. The molecule has 1 aromatic carbocycles. The van der Waals surface area contributed by atoms with Crippen molar-refractivity contribution in [2.45, 2.75) is 56.9 Å². The number of hydrogen-bond acceptors (Lipinski definition) is 3. The molecule has 1 atom stereocenters. The fourth-order valence-electron chi connectivity index (χ4n) is 4.51. The molecule has 142 valence electrons. The lowest BCUT2D eigenvalue weighted by atomic mass is 9.85. The summed E-state index contributed by atoms with van der Waals surface area (Å²) in [5.41, 5.74) is 0.670. The number of unbranched alkanes of at least 4 members (excludes halogenated alkanes) is 1. The Morgan fingerprint density at radius 2 is 1.81 bits per heavy atom. The van der Waals surface area contributed by atoms with Gasteiger partial charge in [0.15, 0.2) is 0 Å². The van der Waals surface area contributed by atoms with Crippen LogP contribution in [-0.2, 0) is 16.0 Å². The van der Waals surface area contributed by atoms with Crippen molar-refractivity contribution in [3.8, 4) is 0 Å². The van der Waals surface area contributed by atoms with Crippen molar-refractivity contribution >= 4 is 11.8 Å². The Bertz CT molecular complexity index is 617. The monoisotopic (exact) mass is 358 g/mol. The molecule has 2 aliphatic rings. The number of β-amino-alcohol motifs (C(OH)–C–C–N with tert-alkyl or cyclic N) is 1. The van der Waals surface area contributed by atoms with E-state index in [0.29, 0.717) is 26.1 Å². The number of hydrogen-bond donors (Lipinski definition) is 1. The minimum atomic E-state index is -0.635. The standard InChI is InChI=1S/C21H30N2O3/c24-17-16-22-14-6-12-21(20(22)26)13-7-15-23(21)19(25)11-5-4-10-18-8-2-1-3-9-18/h1-3,8-9,24H,4-7,10-17H2. The summed E-state index contributed by atoms with van der Waals surface area (Å²) in [5.74, 6) is 0.169. The lowest BCUT2D eigenvalue weighted by Crippen LogP contribution is -2.61. The molecule has 1 spiro atoms. The fourth-order valence-corrected chi connectivity index (χ4v) is 4.51. The fraction of sp³-hybridized carbons (Fsp3) is 0.619. The van der Waals surface area contributed by atoms with Gasteiger partial charge in [-0.3, -0.25) is 9.59 Å². The Kier molecular flexibility index (Phi) is 6.30.